The summed E-state index contributed by atoms with van der Waals surface area (Å²) in [5.74, 6) is 4.60. The summed E-state index contributed by atoms with van der Waals surface area (Å²) >= 11 is 7.06. The highest BCUT2D eigenvalue weighted by atomic mass is 35.5. The molecule has 0 aliphatic carbocycles. The lowest BCUT2D eigenvalue weighted by Crippen LogP contribution is -2.30. The number of aromatic nitrogens is 1. The molecule has 1 aromatic heterocycles. The summed E-state index contributed by atoms with van der Waals surface area (Å²) in [5.41, 5.74) is 4.62. The number of hydrogen-bond donors (Lipinski definition) is 3. The van der Waals surface area contributed by atoms with Crippen LogP contribution in [0.4, 0.5) is 0 Å². The molecule has 0 aliphatic rings. The van der Waals surface area contributed by atoms with Crippen LogP contribution in [-0.4, -0.2) is 21.7 Å². The Morgan fingerprint density at radius 1 is 1.28 bits per heavy atom. The van der Waals surface area contributed by atoms with E-state index in [1.165, 1.54) is 0 Å². The van der Waals surface area contributed by atoms with Crippen LogP contribution in [0.2, 0.25) is 5.02 Å². The molecule has 2 aromatic carbocycles. The Labute approximate surface area is 151 Å². The lowest BCUT2D eigenvalue weighted by Gasteiger charge is -2.05. The van der Waals surface area contributed by atoms with Crippen LogP contribution in [-0.2, 0) is 0 Å². The first-order valence-corrected chi connectivity index (χ1v) is 8.53. The van der Waals surface area contributed by atoms with Gasteiger partial charge in [0.2, 0.25) is 0 Å². The maximum absolute atomic E-state index is 12.2. The van der Waals surface area contributed by atoms with E-state index < -0.39 is 5.91 Å². The monoisotopic (exact) mass is 376 g/mol. The van der Waals surface area contributed by atoms with Crippen LogP contribution in [0.5, 0.6) is 0 Å². The number of nitro groups is 1. The predicted octanol–water partition coefficient (Wildman–Crippen LogP) is 3.42. The fourth-order valence-electron chi connectivity index (χ4n) is 2.55. The molecule has 3 rings (SSSR count). The molecule has 0 bridgehead atoms. The van der Waals surface area contributed by atoms with Crippen molar-refractivity contribution >= 4 is 40.2 Å². The predicted molar refractivity (Wildman–Crippen MR) is 98.1 cm³/mol. The van der Waals surface area contributed by atoms with Gasteiger partial charge in [-0.15, -0.1) is 0 Å². The van der Waals surface area contributed by atoms with Crippen LogP contribution < -0.4 is 11.3 Å². The van der Waals surface area contributed by atoms with Crippen LogP contribution in [0.1, 0.15) is 10.5 Å². The zero-order chi connectivity index (χ0) is 18.0. The van der Waals surface area contributed by atoms with Crippen molar-refractivity contribution in [3.63, 3.8) is 0 Å². The number of carbonyl (C=O) groups excluding carboxylic acids is 1. The number of halogens is 1. The van der Waals surface area contributed by atoms with Crippen LogP contribution in [0.15, 0.2) is 47.4 Å². The van der Waals surface area contributed by atoms with E-state index in [2.05, 4.69) is 10.4 Å². The molecule has 0 saturated carbocycles. The number of benzene rings is 2. The number of carbonyl (C=O) groups is 1. The molecule has 1 amide bonds. The van der Waals surface area contributed by atoms with E-state index in [4.69, 9.17) is 17.4 Å². The second-order valence-electron chi connectivity index (χ2n) is 5.17. The number of amides is 1. The summed E-state index contributed by atoms with van der Waals surface area (Å²) in [4.78, 5) is 26.1. The fraction of sp³-hybridized carbons (Fsp3) is 0.0625. The number of fused-ring (bicyclic) bond motifs is 1. The van der Waals surface area contributed by atoms with Crippen molar-refractivity contribution in [2.75, 3.05) is 5.88 Å². The largest absolute Gasteiger partial charge is 0.350 e. The molecule has 9 heteroatoms. The number of hydrazine groups is 1. The maximum Gasteiger partial charge on any atom is 0.282 e. The lowest BCUT2D eigenvalue weighted by molar-refractivity contribution is -0.456. The zero-order valence-electron chi connectivity index (χ0n) is 12.8. The van der Waals surface area contributed by atoms with Crippen molar-refractivity contribution in [2.45, 2.75) is 4.90 Å². The van der Waals surface area contributed by atoms with Crippen molar-refractivity contribution in [3.05, 3.63) is 63.3 Å². The van der Waals surface area contributed by atoms with Gasteiger partial charge in [-0.25, -0.2) is 5.84 Å². The van der Waals surface area contributed by atoms with Gasteiger partial charge in [-0.2, -0.15) is 0 Å². The van der Waals surface area contributed by atoms with E-state index in [1.807, 2.05) is 6.07 Å². The molecule has 0 unspecified atom stereocenters. The topological polar surface area (TPSA) is 114 Å². The molecule has 0 spiro atoms. The number of nitrogens with two attached hydrogens (primary N) is 1. The molecule has 3 aromatic rings. The summed E-state index contributed by atoms with van der Waals surface area (Å²) < 4.78 is 0. The number of thioether (sulfide) groups is 1. The fourth-order valence-corrected chi connectivity index (χ4v) is 3.29. The number of aromatic amines is 1. The standard InChI is InChI=1S/C16H13ClN4O3S/c17-10-3-1-9(2-4-10)14-12-7-11(25-8-21(23)24)5-6-13(12)19-15(14)16(22)20-18/h1-7,19H,8,18H2,(H,20,22). The Kier molecular flexibility index (Phi) is 4.93. The normalized spacial score (nSPS) is 10.8. The molecule has 0 saturated heterocycles. The summed E-state index contributed by atoms with van der Waals surface area (Å²) in [6.07, 6.45) is 0. The summed E-state index contributed by atoms with van der Waals surface area (Å²) in [5, 5.41) is 11.9. The van der Waals surface area contributed by atoms with Gasteiger partial charge in [0.1, 0.15) is 5.69 Å². The number of nitrogens with one attached hydrogen (secondary N) is 2. The van der Waals surface area contributed by atoms with Crippen LogP contribution in [0, 0.1) is 10.1 Å². The molecule has 25 heavy (non-hydrogen) atoms. The highest BCUT2D eigenvalue weighted by molar-refractivity contribution is 7.99. The third kappa shape index (κ3) is 3.60. The SMILES string of the molecule is NNC(=O)c1[nH]c2ccc(SC[N+](=O)[O-])cc2c1-c1ccc(Cl)cc1. The second-order valence-corrected chi connectivity index (χ2v) is 6.62. The van der Waals surface area contributed by atoms with Crippen molar-refractivity contribution in [2.24, 2.45) is 5.84 Å². The number of hydrogen-bond acceptors (Lipinski definition) is 5. The van der Waals surface area contributed by atoms with Gasteiger partial charge in [-0.1, -0.05) is 23.7 Å². The number of nitrogen functional groups attached to an aromatic ring is 1. The van der Waals surface area contributed by atoms with Crippen molar-refractivity contribution in [3.8, 4) is 11.1 Å². The first-order chi connectivity index (χ1) is 12.0. The van der Waals surface area contributed by atoms with Gasteiger partial charge in [0.25, 0.3) is 11.8 Å². The molecule has 0 fully saturated rings. The minimum atomic E-state index is -0.458. The summed E-state index contributed by atoms with van der Waals surface area (Å²) in [6, 6.07) is 12.4. The third-order valence-corrected chi connectivity index (χ3v) is 4.78. The van der Waals surface area contributed by atoms with Gasteiger partial charge in [0, 0.05) is 31.3 Å². The van der Waals surface area contributed by atoms with Crippen LogP contribution >= 0.6 is 23.4 Å². The molecule has 0 atom stereocenters. The molecule has 0 radical (unpaired) electrons. The van der Waals surface area contributed by atoms with Gasteiger partial charge in [0.15, 0.2) is 0 Å². The Hall–Kier alpha value is -2.55. The molecule has 4 N–H and O–H groups in total. The summed E-state index contributed by atoms with van der Waals surface area (Å²) in [7, 11) is 0. The molecular weight excluding hydrogens is 364 g/mol. The molecule has 7 nitrogen and oxygen atoms in total. The zero-order valence-corrected chi connectivity index (χ0v) is 14.4. The Balaban J connectivity index is 2.17. The average molecular weight is 377 g/mol. The minimum Gasteiger partial charge on any atom is -0.350 e. The van der Waals surface area contributed by atoms with Gasteiger partial charge in [-0.05, 0) is 47.7 Å². The molecule has 0 aliphatic heterocycles. The highest BCUT2D eigenvalue weighted by Crippen LogP contribution is 2.35. The molecule has 1 heterocycles. The molecule has 128 valence electrons. The van der Waals surface area contributed by atoms with E-state index in [0.29, 0.717) is 16.3 Å². The average Bonchev–Trinajstić information content (AvgIpc) is 2.98. The van der Waals surface area contributed by atoms with E-state index >= 15 is 0 Å². The number of H-pyrrole nitrogens is 1. The maximum atomic E-state index is 12.2. The van der Waals surface area contributed by atoms with Gasteiger partial charge in [-0.3, -0.25) is 20.3 Å². The van der Waals surface area contributed by atoms with Gasteiger partial charge >= 0.3 is 0 Å². The van der Waals surface area contributed by atoms with Crippen molar-refractivity contribution in [1.29, 1.82) is 0 Å². The van der Waals surface area contributed by atoms with Crippen molar-refractivity contribution in [1.82, 2.24) is 10.4 Å². The Morgan fingerprint density at radius 2 is 2.00 bits per heavy atom. The summed E-state index contributed by atoms with van der Waals surface area (Å²) in [6.45, 7) is 0. The first-order valence-electron chi connectivity index (χ1n) is 7.17. The van der Waals surface area contributed by atoms with E-state index in [0.717, 1.165) is 33.1 Å². The Morgan fingerprint density at radius 3 is 2.64 bits per heavy atom. The number of nitrogens with zero attached hydrogens (tertiary/aromatic N) is 1. The van der Waals surface area contributed by atoms with Crippen LogP contribution in [0.25, 0.3) is 22.0 Å². The highest BCUT2D eigenvalue weighted by Gasteiger charge is 2.19. The second kappa shape index (κ2) is 7.14. The molecular formula is C16H13ClN4O3S. The quantitative estimate of drug-likeness (QED) is 0.158. The van der Waals surface area contributed by atoms with E-state index in [-0.39, 0.29) is 10.8 Å². The Bertz CT molecular complexity index is 956. The van der Waals surface area contributed by atoms with Gasteiger partial charge < -0.3 is 4.98 Å². The van der Waals surface area contributed by atoms with Gasteiger partial charge in [0.05, 0.1) is 0 Å². The van der Waals surface area contributed by atoms with E-state index in [1.54, 1.807) is 36.4 Å². The lowest BCUT2D eigenvalue weighted by atomic mass is 10.0. The van der Waals surface area contributed by atoms with E-state index in [9.17, 15) is 14.9 Å². The van der Waals surface area contributed by atoms with Crippen LogP contribution in [0.3, 0.4) is 0 Å². The third-order valence-electron chi connectivity index (χ3n) is 3.60. The smallest absolute Gasteiger partial charge is 0.282 e. The first kappa shape index (κ1) is 17.3. The number of rotatable bonds is 5. The van der Waals surface area contributed by atoms with Crippen molar-refractivity contribution < 1.29 is 9.72 Å². The minimum absolute atomic E-state index is 0.234.